The summed E-state index contributed by atoms with van der Waals surface area (Å²) in [4.78, 5) is 21.8. The highest BCUT2D eigenvalue weighted by Gasteiger charge is 2.09. The Bertz CT molecular complexity index is 375. The zero-order chi connectivity index (χ0) is 12.0. The Morgan fingerprint density at radius 3 is 2.50 bits per heavy atom. The number of urea groups is 1. The van der Waals surface area contributed by atoms with E-state index in [0.717, 1.165) is 0 Å². The first-order valence-electron chi connectivity index (χ1n) is 4.73. The van der Waals surface area contributed by atoms with Gasteiger partial charge in [0.25, 0.3) is 5.91 Å². The van der Waals surface area contributed by atoms with Crippen molar-refractivity contribution in [2.24, 2.45) is 11.5 Å². The first-order valence-corrected chi connectivity index (χ1v) is 4.73. The lowest BCUT2D eigenvalue weighted by molar-refractivity contribution is 0.0924. The van der Waals surface area contributed by atoms with Crippen molar-refractivity contribution in [2.75, 3.05) is 13.1 Å². The van der Waals surface area contributed by atoms with Crippen LogP contribution in [0.5, 0.6) is 0 Å². The molecule has 0 aliphatic rings. The maximum atomic E-state index is 11.4. The molecule has 0 fully saturated rings. The highest BCUT2D eigenvalue weighted by Crippen LogP contribution is 2.06. The van der Waals surface area contributed by atoms with Gasteiger partial charge in [-0.25, -0.2) is 4.79 Å². The van der Waals surface area contributed by atoms with Crippen LogP contribution in [0.15, 0.2) is 16.5 Å². The fourth-order valence-electron chi connectivity index (χ4n) is 1.06. The Morgan fingerprint density at radius 1 is 1.25 bits per heavy atom. The van der Waals surface area contributed by atoms with E-state index >= 15 is 0 Å². The molecule has 0 atom stereocenters. The number of hydrogen-bond donors (Lipinski definition) is 4. The van der Waals surface area contributed by atoms with E-state index in [2.05, 4.69) is 10.6 Å². The van der Waals surface area contributed by atoms with Gasteiger partial charge in [-0.05, 0) is 12.1 Å². The predicted molar refractivity (Wildman–Crippen MR) is 56.5 cm³/mol. The smallest absolute Gasteiger partial charge is 0.312 e. The molecule has 1 rings (SSSR count). The second-order valence-corrected chi connectivity index (χ2v) is 3.02. The van der Waals surface area contributed by atoms with Crippen LogP contribution in [0.2, 0.25) is 0 Å². The molecule has 1 aromatic rings. The molecule has 0 radical (unpaired) electrons. The van der Waals surface area contributed by atoms with Crippen LogP contribution in [0.1, 0.15) is 16.3 Å². The number of nitrogens with one attached hydrogen (secondary N) is 2. The maximum absolute atomic E-state index is 11.4. The molecule has 0 unspecified atom stereocenters. The summed E-state index contributed by atoms with van der Waals surface area (Å²) in [6, 6.07) is 2.55. The molecule has 0 bridgehead atoms. The van der Waals surface area contributed by atoms with Crippen molar-refractivity contribution in [3.05, 3.63) is 23.7 Å². The zero-order valence-corrected chi connectivity index (χ0v) is 8.66. The summed E-state index contributed by atoms with van der Waals surface area (Å²) in [5, 5.41) is 4.89. The van der Waals surface area contributed by atoms with Gasteiger partial charge in [-0.1, -0.05) is 0 Å². The number of carbonyl (C=O) groups is 2. The quantitative estimate of drug-likeness (QED) is 0.487. The molecule has 0 aliphatic carbocycles. The third-order valence-corrected chi connectivity index (χ3v) is 1.80. The highest BCUT2D eigenvalue weighted by molar-refractivity contribution is 5.91. The third kappa shape index (κ3) is 3.62. The largest absolute Gasteiger partial charge is 0.455 e. The number of carbonyl (C=O) groups excluding carboxylic acids is 2. The van der Waals surface area contributed by atoms with E-state index in [1.165, 1.54) is 0 Å². The van der Waals surface area contributed by atoms with Crippen LogP contribution >= 0.6 is 0 Å². The Labute approximate surface area is 92.2 Å². The van der Waals surface area contributed by atoms with Crippen molar-refractivity contribution in [1.82, 2.24) is 10.6 Å². The number of rotatable bonds is 5. The monoisotopic (exact) mass is 226 g/mol. The fraction of sp³-hybridized carbons (Fsp3) is 0.333. The number of primary amides is 1. The summed E-state index contributed by atoms with van der Waals surface area (Å²) >= 11 is 0. The molecule has 3 amide bonds. The van der Waals surface area contributed by atoms with Crippen LogP contribution in [0.25, 0.3) is 0 Å². The van der Waals surface area contributed by atoms with Gasteiger partial charge in [0.1, 0.15) is 5.76 Å². The number of nitrogens with two attached hydrogens (primary N) is 2. The SMILES string of the molecule is NCc1ccc(C(=O)NCCNC(N)=O)o1. The van der Waals surface area contributed by atoms with Crippen LogP contribution < -0.4 is 22.1 Å². The standard InChI is InChI=1S/C9H14N4O3/c10-5-6-1-2-7(16-6)8(14)12-3-4-13-9(11)15/h1-2H,3-5,10H2,(H,12,14)(H3,11,13,15). The van der Waals surface area contributed by atoms with Crippen LogP contribution in [0.3, 0.4) is 0 Å². The summed E-state index contributed by atoms with van der Waals surface area (Å²) in [6.07, 6.45) is 0. The topological polar surface area (TPSA) is 123 Å². The first-order chi connectivity index (χ1) is 7.63. The Morgan fingerprint density at radius 2 is 1.94 bits per heavy atom. The maximum Gasteiger partial charge on any atom is 0.312 e. The van der Waals surface area contributed by atoms with Gasteiger partial charge in [0.05, 0.1) is 6.54 Å². The first kappa shape index (κ1) is 12.1. The molecular weight excluding hydrogens is 212 g/mol. The van der Waals surface area contributed by atoms with Crippen molar-refractivity contribution >= 4 is 11.9 Å². The molecule has 88 valence electrons. The Balaban J connectivity index is 2.32. The summed E-state index contributed by atoms with van der Waals surface area (Å²) < 4.78 is 5.12. The predicted octanol–water partition coefficient (Wildman–Crippen LogP) is -0.864. The molecule has 0 saturated carbocycles. The minimum Gasteiger partial charge on any atom is -0.455 e. The fourth-order valence-corrected chi connectivity index (χ4v) is 1.06. The molecule has 1 aromatic heterocycles. The van der Waals surface area contributed by atoms with E-state index in [1.807, 2.05) is 0 Å². The van der Waals surface area contributed by atoms with E-state index < -0.39 is 6.03 Å². The molecular formula is C9H14N4O3. The summed E-state index contributed by atoms with van der Waals surface area (Å²) in [5.41, 5.74) is 10.2. The van der Waals surface area contributed by atoms with Crippen LogP contribution in [0.4, 0.5) is 4.79 Å². The number of furan rings is 1. The second kappa shape index (κ2) is 5.76. The zero-order valence-electron chi connectivity index (χ0n) is 8.66. The van der Waals surface area contributed by atoms with E-state index in [4.69, 9.17) is 15.9 Å². The van der Waals surface area contributed by atoms with E-state index in [-0.39, 0.29) is 31.3 Å². The summed E-state index contributed by atoms with van der Waals surface area (Å²) in [7, 11) is 0. The molecule has 7 heteroatoms. The average molecular weight is 226 g/mol. The lowest BCUT2D eigenvalue weighted by Gasteiger charge is -2.03. The molecule has 0 aliphatic heterocycles. The van der Waals surface area contributed by atoms with Gasteiger partial charge in [0.2, 0.25) is 0 Å². The van der Waals surface area contributed by atoms with Crippen LogP contribution in [-0.2, 0) is 6.54 Å². The number of amides is 3. The van der Waals surface area contributed by atoms with Gasteiger partial charge in [-0.15, -0.1) is 0 Å². The van der Waals surface area contributed by atoms with Gasteiger partial charge in [0.15, 0.2) is 5.76 Å². The Kier molecular flexibility index (Phi) is 4.34. The van der Waals surface area contributed by atoms with Crippen LogP contribution in [-0.4, -0.2) is 25.0 Å². The average Bonchev–Trinajstić information content (AvgIpc) is 2.72. The molecule has 0 saturated heterocycles. The van der Waals surface area contributed by atoms with Gasteiger partial charge < -0.3 is 26.5 Å². The normalized spacial score (nSPS) is 9.81. The van der Waals surface area contributed by atoms with Crippen molar-refractivity contribution in [2.45, 2.75) is 6.54 Å². The van der Waals surface area contributed by atoms with Gasteiger partial charge >= 0.3 is 6.03 Å². The lowest BCUT2D eigenvalue weighted by Crippen LogP contribution is -2.37. The summed E-state index contributed by atoms with van der Waals surface area (Å²) in [5.74, 6) is 0.380. The second-order valence-electron chi connectivity index (χ2n) is 3.02. The van der Waals surface area contributed by atoms with Crippen LogP contribution in [0, 0.1) is 0 Å². The molecule has 0 aromatic carbocycles. The van der Waals surface area contributed by atoms with Crippen molar-refractivity contribution < 1.29 is 14.0 Å². The summed E-state index contributed by atoms with van der Waals surface area (Å²) in [6.45, 7) is 0.794. The number of hydrogen-bond acceptors (Lipinski definition) is 4. The van der Waals surface area contributed by atoms with Gasteiger partial charge in [0, 0.05) is 13.1 Å². The molecule has 1 heterocycles. The van der Waals surface area contributed by atoms with Crippen molar-refractivity contribution in [3.8, 4) is 0 Å². The molecule has 0 spiro atoms. The van der Waals surface area contributed by atoms with Gasteiger partial charge in [-0.3, -0.25) is 4.79 Å². The van der Waals surface area contributed by atoms with Gasteiger partial charge in [-0.2, -0.15) is 0 Å². The highest BCUT2D eigenvalue weighted by atomic mass is 16.4. The minimum absolute atomic E-state index is 0.194. The lowest BCUT2D eigenvalue weighted by atomic mass is 10.4. The molecule has 7 nitrogen and oxygen atoms in total. The minimum atomic E-state index is -0.627. The van der Waals surface area contributed by atoms with Crippen molar-refractivity contribution in [3.63, 3.8) is 0 Å². The Hall–Kier alpha value is -2.02. The van der Waals surface area contributed by atoms with Crippen molar-refractivity contribution in [1.29, 1.82) is 0 Å². The van der Waals surface area contributed by atoms with E-state index in [0.29, 0.717) is 5.76 Å². The molecule has 16 heavy (non-hydrogen) atoms. The molecule has 6 N–H and O–H groups in total. The van der Waals surface area contributed by atoms with E-state index in [9.17, 15) is 9.59 Å². The van der Waals surface area contributed by atoms with E-state index in [1.54, 1.807) is 12.1 Å². The third-order valence-electron chi connectivity index (χ3n) is 1.80.